The summed E-state index contributed by atoms with van der Waals surface area (Å²) in [6, 6.07) is 1.99. The Balaban J connectivity index is 2.22. The van der Waals surface area contributed by atoms with Gasteiger partial charge in [-0.3, -0.25) is 14.4 Å². The Labute approximate surface area is 169 Å². The maximum atomic E-state index is 13.5. The van der Waals surface area contributed by atoms with E-state index in [4.69, 9.17) is 4.74 Å². The van der Waals surface area contributed by atoms with Gasteiger partial charge < -0.3 is 25.8 Å². The van der Waals surface area contributed by atoms with Gasteiger partial charge in [0, 0.05) is 6.07 Å². The Kier molecular flexibility index (Phi) is 6.91. The molecule has 4 N–H and O–H groups in total. The molecular weight excluding hydrogens is 414 g/mol. The van der Waals surface area contributed by atoms with Crippen LogP contribution >= 0.6 is 0 Å². The number of nitrogens with one attached hydrogen (secondary N) is 3. The van der Waals surface area contributed by atoms with E-state index in [-0.39, 0.29) is 17.9 Å². The minimum Gasteiger partial charge on any atom is -0.486 e. The van der Waals surface area contributed by atoms with Crippen LogP contribution in [-0.2, 0) is 14.4 Å². The number of carbonyl (C=O) groups is 3. The van der Waals surface area contributed by atoms with Crippen LogP contribution in [0, 0.1) is 5.82 Å². The third-order valence-corrected chi connectivity index (χ3v) is 4.53. The molecule has 8 nitrogen and oxygen atoms in total. The summed E-state index contributed by atoms with van der Waals surface area (Å²) >= 11 is 0. The zero-order chi connectivity index (χ0) is 22.7. The second-order valence-corrected chi connectivity index (χ2v) is 6.66. The van der Waals surface area contributed by atoms with E-state index in [1.807, 2.05) is 0 Å². The number of rotatable bonds is 6. The SMILES string of the molecule is CC[C@H]1Oc2ccc(F)cc2NC(=O)[C@H]1NC(=O)C(O)(CC)C(=O)NCC(F)(F)F. The van der Waals surface area contributed by atoms with Crippen LogP contribution in [0.25, 0.3) is 0 Å². The summed E-state index contributed by atoms with van der Waals surface area (Å²) in [4.78, 5) is 37.2. The van der Waals surface area contributed by atoms with E-state index in [2.05, 4.69) is 10.6 Å². The molecule has 3 atom stereocenters. The summed E-state index contributed by atoms with van der Waals surface area (Å²) in [5.41, 5.74) is -2.83. The van der Waals surface area contributed by atoms with E-state index in [1.165, 1.54) is 18.3 Å². The summed E-state index contributed by atoms with van der Waals surface area (Å²) in [6.07, 6.45) is -6.07. The largest absolute Gasteiger partial charge is 0.486 e. The molecule has 0 bridgehead atoms. The summed E-state index contributed by atoms with van der Waals surface area (Å²) in [7, 11) is 0. The maximum Gasteiger partial charge on any atom is 0.405 e. The highest BCUT2D eigenvalue weighted by Gasteiger charge is 2.46. The van der Waals surface area contributed by atoms with Gasteiger partial charge in [-0.1, -0.05) is 13.8 Å². The molecule has 1 aromatic carbocycles. The Morgan fingerprint density at radius 1 is 1.23 bits per heavy atom. The van der Waals surface area contributed by atoms with Gasteiger partial charge in [-0.2, -0.15) is 13.2 Å². The third kappa shape index (κ3) is 5.17. The number of fused-ring (bicyclic) bond motifs is 1. The fourth-order valence-corrected chi connectivity index (χ4v) is 2.80. The van der Waals surface area contributed by atoms with Gasteiger partial charge in [-0.15, -0.1) is 0 Å². The highest BCUT2D eigenvalue weighted by atomic mass is 19.4. The lowest BCUT2D eigenvalue weighted by Crippen LogP contribution is -2.62. The van der Waals surface area contributed by atoms with Crippen LogP contribution in [0.1, 0.15) is 26.7 Å². The number of aliphatic hydroxyl groups is 1. The van der Waals surface area contributed by atoms with Crippen LogP contribution < -0.4 is 20.7 Å². The van der Waals surface area contributed by atoms with Crippen molar-refractivity contribution in [2.24, 2.45) is 0 Å². The van der Waals surface area contributed by atoms with E-state index in [9.17, 15) is 37.1 Å². The number of benzene rings is 1. The highest BCUT2D eigenvalue weighted by Crippen LogP contribution is 2.30. The van der Waals surface area contributed by atoms with Crippen LogP contribution in [0.3, 0.4) is 0 Å². The number of carbonyl (C=O) groups excluding carboxylic acids is 3. The van der Waals surface area contributed by atoms with Gasteiger partial charge in [-0.25, -0.2) is 4.39 Å². The predicted octanol–water partition coefficient (Wildman–Crippen LogP) is 1.24. The van der Waals surface area contributed by atoms with E-state index in [0.717, 1.165) is 12.1 Å². The van der Waals surface area contributed by atoms with Crippen molar-refractivity contribution >= 4 is 23.4 Å². The van der Waals surface area contributed by atoms with Crippen molar-refractivity contribution in [3.63, 3.8) is 0 Å². The molecule has 0 saturated heterocycles. The molecule has 0 spiro atoms. The van der Waals surface area contributed by atoms with Gasteiger partial charge in [0.1, 0.15) is 30.3 Å². The molecule has 0 saturated carbocycles. The van der Waals surface area contributed by atoms with Gasteiger partial charge in [-0.05, 0) is 25.0 Å². The minimum absolute atomic E-state index is 0.0175. The van der Waals surface area contributed by atoms with Crippen molar-refractivity contribution in [2.45, 2.75) is 50.6 Å². The smallest absolute Gasteiger partial charge is 0.405 e. The lowest BCUT2D eigenvalue weighted by atomic mass is 9.96. The molecular formula is C18H21F4N3O5. The first kappa shape index (κ1) is 23.4. The van der Waals surface area contributed by atoms with Crippen LogP contribution in [0.5, 0.6) is 5.75 Å². The lowest BCUT2D eigenvalue weighted by molar-refractivity contribution is -0.160. The average Bonchev–Trinajstić information content (AvgIpc) is 2.80. The van der Waals surface area contributed by atoms with Crippen LogP contribution in [0.15, 0.2) is 18.2 Å². The van der Waals surface area contributed by atoms with Crippen molar-refractivity contribution in [3.8, 4) is 5.75 Å². The molecule has 3 amide bonds. The molecule has 1 heterocycles. The molecule has 0 fully saturated rings. The van der Waals surface area contributed by atoms with Crippen LogP contribution in [0.4, 0.5) is 23.2 Å². The zero-order valence-corrected chi connectivity index (χ0v) is 16.1. The molecule has 12 heteroatoms. The Bertz CT molecular complexity index is 833. The van der Waals surface area contributed by atoms with Crippen LogP contribution in [-0.4, -0.2) is 53.3 Å². The van der Waals surface area contributed by atoms with E-state index < -0.39 is 60.4 Å². The quantitative estimate of drug-likeness (QED) is 0.396. The summed E-state index contributed by atoms with van der Waals surface area (Å²) in [5.74, 6) is -4.25. The molecule has 2 rings (SSSR count). The van der Waals surface area contributed by atoms with Crippen LogP contribution in [0.2, 0.25) is 0 Å². The number of halogens is 4. The topological polar surface area (TPSA) is 117 Å². The number of hydrogen-bond acceptors (Lipinski definition) is 5. The first-order chi connectivity index (χ1) is 13.9. The summed E-state index contributed by atoms with van der Waals surface area (Å²) < 4.78 is 56.1. The maximum absolute atomic E-state index is 13.5. The molecule has 1 aromatic rings. The van der Waals surface area contributed by atoms with Gasteiger partial charge in [0.15, 0.2) is 0 Å². The number of hydrogen-bond donors (Lipinski definition) is 4. The molecule has 0 aliphatic carbocycles. The fourth-order valence-electron chi connectivity index (χ4n) is 2.80. The first-order valence-electron chi connectivity index (χ1n) is 9.06. The zero-order valence-electron chi connectivity index (χ0n) is 16.1. The lowest BCUT2D eigenvalue weighted by Gasteiger charge is -2.29. The standard InChI is InChI=1S/C18H21F4N3O5/c1-3-11-13(14(26)24-10-7-9(19)5-6-12(10)30-11)25-16(28)17(29,4-2)15(27)23-8-18(20,21)22/h5-7,11,13,29H,3-4,8H2,1-2H3,(H,23,27)(H,24,26)(H,25,28)/t11-,13+,17?/m1/s1. The van der Waals surface area contributed by atoms with Gasteiger partial charge in [0.25, 0.3) is 17.7 Å². The minimum atomic E-state index is -4.75. The van der Waals surface area contributed by atoms with Crippen molar-refractivity contribution < 1.29 is 41.8 Å². The van der Waals surface area contributed by atoms with Gasteiger partial charge in [0.05, 0.1) is 5.69 Å². The molecule has 1 unspecified atom stereocenters. The molecule has 1 aliphatic heterocycles. The molecule has 0 aromatic heterocycles. The average molecular weight is 435 g/mol. The van der Waals surface area contributed by atoms with Gasteiger partial charge >= 0.3 is 6.18 Å². The number of amides is 3. The van der Waals surface area contributed by atoms with E-state index in [1.54, 1.807) is 6.92 Å². The number of anilines is 1. The van der Waals surface area contributed by atoms with Crippen molar-refractivity contribution in [3.05, 3.63) is 24.0 Å². The van der Waals surface area contributed by atoms with Crippen molar-refractivity contribution in [1.82, 2.24) is 10.6 Å². The van der Waals surface area contributed by atoms with Crippen molar-refractivity contribution in [1.29, 1.82) is 0 Å². The third-order valence-electron chi connectivity index (χ3n) is 4.53. The predicted molar refractivity (Wildman–Crippen MR) is 96.0 cm³/mol. The fraction of sp³-hybridized carbons (Fsp3) is 0.500. The molecule has 30 heavy (non-hydrogen) atoms. The highest BCUT2D eigenvalue weighted by molar-refractivity contribution is 6.10. The monoisotopic (exact) mass is 435 g/mol. The summed E-state index contributed by atoms with van der Waals surface area (Å²) in [6.45, 7) is 1.10. The number of alkyl halides is 3. The molecule has 166 valence electrons. The van der Waals surface area contributed by atoms with E-state index >= 15 is 0 Å². The second-order valence-electron chi connectivity index (χ2n) is 6.66. The van der Waals surface area contributed by atoms with Gasteiger partial charge in [0.2, 0.25) is 5.60 Å². The first-order valence-corrected chi connectivity index (χ1v) is 9.06. The molecule has 1 aliphatic rings. The Morgan fingerprint density at radius 2 is 1.90 bits per heavy atom. The second kappa shape index (κ2) is 8.86. The van der Waals surface area contributed by atoms with E-state index in [0.29, 0.717) is 0 Å². The number of ether oxygens (including phenoxy) is 1. The molecule has 0 radical (unpaired) electrons. The van der Waals surface area contributed by atoms with Crippen molar-refractivity contribution in [2.75, 3.05) is 11.9 Å². The Morgan fingerprint density at radius 3 is 2.47 bits per heavy atom. The summed E-state index contributed by atoms with van der Waals surface area (Å²) in [5, 5.41) is 16.4. The normalized spacial score (nSPS) is 20.7. The Hall–Kier alpha value is -2.89.